The van der Waals surface area contributed by atoms with Gasteiger partial charge in [0.05, 0.1) is 12.7 Å². The third kappa shape index (κ3) is 6.76. The van der Waals surface area contributed by atoms with Gasteiger partial charge in [-0.3, -0.25) is 4.79 Å². The van der Waals surface area contributed by atoms with Gasteiger partial charge in [0.2, 0.25) is 0 Å². The van der Waals surface area contributed by atoms with Crippen molar-refractivity contribution < 1.29 is 19.1 Å². The minimum atomic E-state index is -0.417. The highest BCUT2D eigenvalue weighted by Gasteiger charge is 2.20. The maximum atomic E-state index is 13.1. The minimum Gasteiger partial charge on any atom is -0.497 e. The van der Waals surface area contributed by atoms with Gasteiger partial charge in [0, 0.05) is 17.8 Å². The molecule has 4 aromatic carbocycles. The average Bonchev–Trinajstić information content (AvgIpc) is 2.93. The summed E-state index contributed by atoms with van der Waals surface area (Å²) in [5.74, 6) is 1.12. The number of carbonyl (C=O) groups is 2. The van der Waals surface area contributed by atoms with Crippen molar-refractivity contribution in [1.82, 2.24) is 0 Å². The summed E-state index contributed by atoms with van der Waals surface area (Å²) in [4.78, 5) is 25.7. The van der Waals surface area contributed by atoms with Crippen molar-refractivity contribution in [3.8, 4) is 11.5 Å². The maximum absolute atomic E-state index is 13.1. The van der Waals surface area contributed by atoms with Gasteiger partial charge >= 0.3 is 6.03 Å². The molecule has 4 aromatic rings. The molecule has 0 unspecified atom stereocenters. The first-order chi connectivity index (χ1) is 18.1. The molecule has 2 amide bonds. The van der Waals surface area contributed by atoms with Crippen LogP contribution in [0.2, 0.25) is 0 Å². The number of hydrogen-bond acceptors (Lipinski definition) is 4. The molecule has 0 aliphatic rings. The summed E-state index contributed by atoms with van der Waals surface area (Å²) < 4.78 is 11.6. The van der Waals surface area contributed by atoms with Crippen molar-refractivity contribution in [2.45, 2.75) is 25.9 Å². The van der Waals surface area contributed by atoms with Crippen LogP contribution in [0.5, 0.6) is 11.5 Å². The largest absolute Gasteiger partial charge is 0.497 e. The second kappa shape index (κ2) is 12.4. The molecule has 188 valence electrons. The normalized spacial score (nSPS) is 10.6. The molecule has 6 heteroatoms. The predicted molar refractivity (Wildman–Crippen MR) is 147 cm³/mol. The Morgan fingerprint density at radius 1 is 0.757 bits per heavy atom. The van der Waals surface area contributed by atoms with Gasteiger partial charge in [0.15, 0.2) is 5.78 Å². The van der Waals surface area contributed by atoms with E-state index in [-0.39, 0.29) is 5.78 Å². The molecule has 4 rings (SSSR count). The number of hydrogen-bond donors (Lipinski definition) is 2. The Hall–Kier alpha value is -4.58. The first kappa shape index (κ1) is 25.5. The molecule has 0 aromatic heterocycles. The van der Waals surface area contributed by atoms with Gasteiger partial charge in [0.25, 0.3) is 0 Å². The molecule has 0 saturated carbocycles. The third-order valence-electron chi connectivity index (χ3n) is 5.81. The van der Waals surface area contributed by atoms with E-state index < -0.39 is 12.1 Å². The third-order valence-corrected chi connectivity index (χ3v) is 5.81. The summed E-state index contributed by atoms with van der Waals surface area (Å²) >= 11 is 0. The van der Waals surface area contributed by atoms with E-state index in [2.05, 4.69) is 10.6 Å². The standard InChI is InChI=1S/C31H30N2O4/c1-3-10-28(34)27-21-25(33-31(35)32-24-15-18-26(36-2)19-16-24)17-20-29(27)37-30(22-11-6-4-7-12-22)23-13-8-5-9-14-23/h4-9,11-21,30H,3,10H2,1-2H3,(H2,32,33,35). The zero-order valence-electron chi connectivity index (χ0n) is 20.9. The van der Waals surface area contributed by atoms with Crippen molar-refractivity contribution in [3.63, 3.8) is 0 Å². The topological polar surface area (TPSA) is 76.7 Å². The second-order valence-electron chi connectivity index (χ2n) is 8.51. The Bertz CT molecular complexity index is 1280. The Labute approximate surface area is 217 Å². The van der Waals surface area contributed by atoms with E-state index in [1.54, 1.807) is 49.6 Å². The Balaban J connectivity index is 1.59. The number of ether oxygens (including phenoxy) is 2. The summed E-state index contributed by atoms with van der Waals surface area (Å²) in [7, 11) is 1.59. The second-order valence-corrected chi connectivity index (χ2v) is 8.51. The van der Waals surface area contributed by atoms with Gasteiger partial charge in [-0.25, -0.2) is 4.79 Å². The van der Waals surface area contributed by atoms with Crippen molar-refractivity contribution in [3.05, 3.63) is 120 Å². The highest BCUT2D eigenvalue weighted by Crippen LogP contribution is 2.33. The van der Waals surface area contributed by atoms with Crippen LogP contribution in [0.25, 0.3) is 0 Å². The van der Waals surface area contributed by atoms with Crippen LogP contribution in [0.4, 0.5) is 16.2 Å². The van der Waals surface area contributed by atoms with Crippen LogP contribution in [0.3, 0.4) is 0 Å². The molecule has 0 bridgehead atoms. The summed E-state index contributed by atoms with van der Waals surface area (Å²) in [5.41, 5.74) is 3.50. The van der Waals surface area contributed by atoms with Gasteiger partial charge < -0.3 is 20.1 Å². The number of urea groups is 1. The molecule has 0 radical (unpaired) electrons. The van der Waals surface area contributed by atoms with Crippen LogP contribution in [0.15, 0.2) is 103 Å². The monoisotopic (exact) mass is 494 g/mol. The fourth-order valence-corrected chi connectivity index (χ4v) is 3.97. The molecule has 6 nitrogen and oxygen atoms in total. The lowest BCUT2D eigenvalue weighted by Gasteiger charge is -2.22. The van der Waals surface area contributed by atoms with Gasteiger partial charge in [0.1, 0.15) is 17.6 Å². The first-order valence-electron chi connectivity index (χ1n) is 12.2. The molecular weight excluding hydrogens is 464 g/mol. The Morgan fingerprint density at radius 3 is 1.89 bits per heavy atom. The van der Waals surface area contributed by atoms with Crippen molar-refractivity contribution in [2.75, 3.05) is 17.7 Å². The molecule has 0 fully saturated rings. The lowest BCUT2D eigenvalue weighted by Crippen LogP contribution is -2.20. The Kier molecular flexibility index (Phi) is 8.55. The van der Waals surface area contributed by atoms with E-state index in [1.165, 1.54) is 0 Å². The summed E-state index contributed by atoms with van der Waals surface area (Å²) in [6.07, 6.45) is 0.682. The fourth-order valence-electron chi connectivity index (χ4n) is 3.97. The first-order valence-corrected chi connectivity index (χ1v) is 12.2. The summed E-state index contributed by atoms with van der Waals surface area (Å²) in [5, 5.41) is 5.59. The minimum absolute atomic E-state index is 0.0448. The number of nitrogens with one attached hydrogen (secondary N) is 2. The number of carbonyl (C=O) groups excluding carboxylic acids is 2. The van der Waals surface area contributed by atoms with Crippen molar-refractivity contribution in [2.24, 2.45) is 0 Å². The highest BCUT2D eigenvalue weighted by atomic mass is 16.5. The SMILES string of the molecule is CCCC(=O)c1cc(NC(=O)Nc2ccc(OC)cc2)ccc1OC(c1ccccc1)c1ccccc1. The zero-order chi connectivity index (χ0) is 26.0. The summed E-state index contributed by atoms with van der Waals surface area (Å²) in [6, 6.07) is 31.5. The number of benzene rings is 4. The average molecular weight is 495 g/mol. The number of anilines is 2. The van der Waals surface area contributed by atoms with Gasteiger partial charge in [-0.1, -0.05) is 67.6 Å². The van der Waals surface area contributed by atoms with Crippen LogP contribution in [-0.2, 0) is 0 Å². The molecule has 0 saturated heterocycles. The number of ketones is 1. The molecule has 0 aliphatic heterocycles. The van der Waals surface area contributed by atoms with Crippen LogP contribution in [0, 0.1) is 0 Å². The molecule has 0 heterocycles. The lowest BCUT2D eigenvalue weighted by molar-refractivity contribution is 0.0976. The van der Waals surface area contributed by atoms with Gasteiger partial charge in [-0.2, -0.15) is 0 Å². The van der Waals surface area contributed by atoms with E-state index in [4.69, 9.17) is 9.47 Å². The quantitative estimate of drug-likeness (QED) is 0.224. The van der Waals surface area contributed by atoms with Crippen LogP contribution in [-0.4, -0.2) is 18.9 Å². The number of amides is 2. The predicted octanol–water partition coefficient (Wildman–Crippen LogP) is 7.49. The van der Waals surface area contributed by atoms with Crippen LogP contribution < -0.4 is 20.1 Å². The van der Waals surface area contributed by atoms with Crippen molar-refractivity contribution in [1.29, 1.82) is 0 Å². The van der Waals surface area contributed by atoms with E-state index in [9.17, 15) is 9.59 Å². The van der Waals surface area contributed by atoms with Crippen LogP contribution in [0.1, 0.15) is 47.4 Å². The maximum Gasteiger partial charge on any atom is 0.323 e. The number of methoxy groups -OCH3 is 1. The zero-order valence-corrected chi connectivity index (χ0v) is 20.9. The van der Waals surface area contributed by atoms with Crippen LogP contribution >= 0.6 is 0 Å². The van der Waals surface area contributed by atoms with E-state index in [1.807, 2.05) is 67.6 Å². The van der Waals surface area contributed by atoms with E-state index >= 15 is 0 Å². The number of rotatable bonds is 10. The van der Waals surface area contributed by atoms with E-state index in [0.717, 1.165) is 11.1 Å². The van der Waals surface area contributed by atoms with E-state index in [0.29, 0.717) is 41.3 Å². The van der Waals surface area contributed by atoms with Gasteiger partial charge in [-0.15, -0.1) is 0 Å². The molecular formula is C31H30N2O4. The summed E-state index contributed by atoms with van der Waals surface area (Å²) in [6.45, 7) is 1.96. The van der Waals surface area contributed by atoms with Crippen molar-refractivity contribution >= 4 is 23.2 Å². The smallest absolute Gasteiger partial charge is 0.323 e. The fraction of sp³-hybridized carbons (Fsp3) is 0.161. The lowest BCUT2D eigenvalue weighted by atomic mass is 10.0. The molecule has 0 atom stereocenters. The molecule has 0 spiro atoms. The molecule has 0 aliphatic carbocycles. The highest BCUT2D eigenvalue weighted by molar-refractivity contribution is 6.03. The van der Waals surface area contributed by atoms with Gasteiger partial charge in [-0.05, 0) is 60.0 Å². The number of Topliss-reactive ketones (excluding diaryl/α,β-unsaturated/α-hetero) is 1. The Morgan fingerprint density at radius 2 is 1.32 bits per heavy atom. The molecule has 37 heavy (non-hydrogen) atoms. The molecule has 2 N–H and O–H groups in total.